The number of carboxylic acids is 1. The van der Waals surface area contributed by atoms with E-state index in [1.165, 1.54) is 12.1 Å². The molecule has 1 unspecified atom stereocenters. The predicted octanol–water partition coefficient (Wildman–Crippen LogP) is 2.79. The average molecular weight is 325 g/mol. The molecule has 2 N–H and O–H groups in total. The molecular formula is C19H19NO4. The normalized spacial score (nSPS) is 15.5. The molecule has 1 heterocycles. The second kappa shape index (κ2) is 6.35. The van der Waals surface area contributed by atoms with Crippen molar-refractivity contribution in [2.75, 3.05) is 6.61 Å². The van der Waals surface area contributed by atoms with Crippen LogP contribution in [0.3, 0.4) is 0 Å². The van der Waals surface area contributed by atoms with Gasteiger partial charge in [0.1, 0.15) is 12.4 Å². The molecule has 0 bridgehead atoms. The standard InChI is InChI=1S/C19H19NO4/c1-11-6-7-15-16(10-24-18(15)12(11)2)20-17(21)9-13-4-3-5-14(8-13)19(22)23/h3-8,16H,9-10H2,1-2H3,(H,20,21)(H,22,23). The molecule has 0 radical (unpaired) electrons. The Balaban J connectivity index is 1.70. The summed E-state index contributed by atoms with van der Waals surface area (Å²) in [5.74, 6) is -0.299. The highest BCUT2D eigenvalue weighted by molar-refractivity contribution is 5.88. The lowest BCUT2D eigenvalue weighted by Crippen LogP contribution is -2.30. The van der Waals surface area contributed by atoms with Crippen LogP contribution in [0.4, 0.5) is 0 Å². The second-order valence-corrected chi connectivity index (χ2v) is 6.04. The summed E-state index contributed by atoms with van der Waals surface area (Å²) in [4.78, 5) is 23.3. The van der Waals surface area contributed by atoms with Gasteiger partial charge in [-0.1, -0.05) is 24.3 Å². The number of hydrogen-bond acceptors (Lipinski definition) is 3. The van der Waals surface area contributed by atoms with Crippen molar-refractivity contribution in [1.82, 2.24) is 5.32 Å². The summed E-state index contributed by atoms with van der Waals surface area (Å²) in [7, 11) is 0. The lowest BCUT2D eigenvalue weighted by atomic mass is 10.0. The van der Waals surface area contributed by atoms with Crippen molar-refractivity contribution < 1.29 is 19.4 Å². The zero-order chi connectivity index (χ0) is 17.3. The number of ether oxygens (including phenoxy) is 1. The van der Waals surface area contributed by atoms with Gasteiger partial charge in [0.05, 0.1) is 18.0 Å². The SMILES string of the molecule is Cc1ccc2c(c1C)OCC2NC(=O)Cc1cccc(C(=O)O)c1. The minimum atomic E-state index is -0.999. The molecule has 0 aliphatic carbocycles. The molecular weight excluding hydrogens is 306 g/mol. The third-order valence-corrected chi connectivity index (χ3v) is 4.35. The van der Waals surface area contributed by atoms with Crippen molar-refractivity contribution in [2.45, 2.75) is 26.3 Å². The lowest BCUT2D eigenvalue weighted by molar-refractivity contribution is -0.121. The summed E-state index contributed by atoms with van der Waals surface area (Å²) in [5.41, 5.74) is 4.10. The van der Waals surface area contributed by atoms with Crippen LogP contribution in [-0.2, 0) is 11.2 Å². The molecule has 1 aliphatic rings. The summed E-state index contributed by atoms with van der Waals surface area (Å²) in [6.45, 7) is 4.45. The second-order valence-electron chi connectivity index (χ2n) is 6.04. The number of rotatable bonds is 4. The van der Waals surface area contributed by atoms with Gasteiger partial charge in [-0.3, -0.25) is 4.79 Å². The molecule has 0 fully saturated rings. The number of benzene rings is 2. The highest BCUT2D eigenvalue weighted by atomic mass is 16.5. The Morgan fingerprint density at radius 3 is 2.79 bits per heavy atom. The number of fused-ring (bicyclic) bond motifs is 1. The van der Waals surface area contributed by atoms with E-state index >= 15 is 0 Å². The summed E-state index contributed by atoms with van der Waals surface area (Å²) in [5, 5.41) is 12.0. The average Bonchev–Trinajstić information content (AvgIpc) is 2.94. The van der Waals surface area contributed by atoms with E-state index in [0.29, 0.717) is 12.2 Å². The minimum absolute atomic E-state index is 0.137. The smallest absolute Gasteiger partial charge is 0.335 e. The van der Waals surface area contributed by atoms with E-state index in [0.717, 1.165) is 22.4 Å². The first-order valence-corrected chi connectivity index (χ1v) is 7.80. The molecule has 1 atom stereocenters. The molecule has 2 aromatic rings. The van der Waals surface area contributed by atoms with Gasteiger partial charge in [-0.15, -0.1) is 0 Å². The van der Waals surface area contributed by atoms with Gasteiger partial charge in [0.2, 0.25) is 5.91 Å². The minimum Gasteiger partial charge on any atom is -0.490 e. The molecule has 1 amide bonds. The van der Waals surface area contributed by atoms with Gasteiger partial charge < -0.3 is 15.2 Å². The van der Waals surface area contributed by atoms with Crippen LogP contribution in [0.1, 0.15) is 38.7 Å². The van der Waals surface area contributed by atoms with E-state index in [-0.39, 0.29) is 23.9 Å². The highest BCUT2D eigenvalue weighted by Crippen LogP contribution is 2.36. The topological polar surface area (TPSA) is 75.6 Å². The number of amides is 1. The van der Waals surface area contributed by atoms with Gasteiger partial charge in [-0.25, -0.2) is 4.79 Å². The van der Waals surface area contributed by atoms with E-state index < -0.39 is 5.97 Å². The van der Waals surface area contributed by atoms with Crippen molar-refractivity contribution in [3.63, 3.8) is 0 Å². The van der Waals surface area contributed by atoms with Crippen LogP contribution in [0.5, 0.6) is 5.75 Å². The molecule has 5 heteroatoms. The van der Waals surface area contributed by atoms with Gasteiger partial charge in [-0.2, -0.15) is 0 Å². The number of carbonyl (C=O) groups excluding carboxylic acids is 1. The Kier molecular flexibility index (Phi) is 4.25. The molecule has 124 valence electrons. The Morgan fingerprint density at radius 2 is 2.04 bits per heavy atom. The van der Waals surface area contributed by atoms with Gasteiger partial charge in [0, 0.05) is 5.56 Å². The Morgan fingerprint density at radius 1 is 1.25 bits per heavy atom. The maximum Gasteiger partial charge on any atom is 0.335 e. The maximum absolute atomic E-state index is 12.3. The van der Waals surface area contributed by atoms with E-state index in [4.69, 9.17) is 9.84 Å². The lowest BCUT2D eigenvalue weighted by Gasteiger charge is -2.12. The van der Waals surface area contributed by atoms with Gasteiger partial charge >= 0.3 is 5.97 Å². The van der Waals surface area contributed by atoms with Gasteiger partial charge in [0.25, 0.3) is 0 Å². The van der Waals surface area contributed by atoms with E-state index in [9.17, 15) is 9.59 Å². The number of aryl methyl sites for hydroxylation is 1. The van der Waals surface area contributed by atoms with E-state index in [2.05, 4.69) is 5.32 Å². The largest absolute Gasteiger partial charge is 0.490 e. The van der Waals surface area contributed by atoms with Gasteiger partial charge in [-0.05, 0) is 42.7 Å². The molecule has 0 saturated carbocycles. The number of nitrogens with one attached hydrogen (secondary N) is 1. The van der Waals surface area contributed by atoms with Crippen molar-refractivity contribution in [1.29, 1.82) is 0 Å². The molecule has 1 aliphatic heterocycles. The fourth-order valence-corrected chi connectivity index (χ4v) is 2.90. The molecule has 3 rings (SSSR count). The first-order chi connectivity index (χ1) is 11.5. The molecule has 24 heavy (non-hydrogen) atoms. The van der Waals surface area contributed by atoms with Crippen LogP contribution >= 0.6 is 0 Å². The van der Waals surface area contributed by atoms with Crippen LogP contribution in [-0.4, -0.2) is 23.6 Å². The fraction of sp³-hybridized carbons (Fsp3) is 0.263. The first kappa shape index (κ1) is 16.1. The summed E-state index contributed by atoms with van der Waals surface area (Å²) in [6.07, 6.45) is 0.137. The van der Waals surface area contributed by atoms with E-state index in [1.54, 1.807) is 12.1 Å². The fourth-order valence-electron chi connectivity index (χ4n) is 2.90. The number of hydrogen-bond donors (Lipinski definition) is 2. The monoisotopic (exact) mass is 325 g/mol. The highest BCUT2D eigenvalue weighted by Gasteiger charge is 2.27. The number of carboxylic acid groups (broad SMARTS) is 1. The van der Waals surface area contributed by atoms with Crippen LogP contribution in [0, 0.1) is 13.8 Å². The van der Waals surface area contributed by atoms with Crippen LogP contribution in [0.25, 0.3) is 0 Å². The van der Waals surface area contributed by atoms with Crippen LogP contribution in [0.15, 0.2) is 36.4 Å². The Bertz CT molecular complexity index is 813. The number of aromatic carboxylic acids is 1. The summed E-state index contributed by atoms with van der Waals surface area (Å²) in [6, 6.07) is 10.3. The number of carbonyl (C=O) groups is 2. The first-order valence-electron chi connectivity index (χ1n) is 7.80. The van der Waals surface area contributed by atoms with Crippen LogP contribution in [0.2, 0.25) is 0 Å². The maximum atomic E-state index is 12.3. The molecule has 0 spiro atoms. The van der Waals surface area contributed by atoms with Crippen LogP contribution < -0.4 is 10.1 Å². The Labute approximate surface area is 140 Å². The van der Waals surface area contributed by atoms with Crippen molar-refractivity contribution >= 4 is 11.9 Å². The zero-order valence-electron chi connectivity index (χ0n) is 13.6. The van der Waals surface area contributed by atoms with Crippen molar-refractivity contribution in [3.8, 4) is 5.75 Å². The summed E-state index contributed by atoms with van der Waals surface area (Å²) < 4.78 is 5.73. The zero-order valence-corrected chi connectivity index (χ0v) is 13.6. The van der Waals surface area contributed by atoms with Gasteiger partial charge in [0.15, 0.2) is 0 Å². The molecule has 0 aromatic heterocycles. The molecule has 2 aromatic carbocycles. The summed E-state index contributed by atoms with van der Waals surface area (Å²) >= 11 is 0. The quantitative estimate of drug-likeness (QED) is 0.906. The third-order valence-electron chi connectivity index (χ3n) is 4.35. The molecule has 0 saturated heterocycles. The van der Waals surface area contributed by atoms with Crippen molar-refractivity contribution in [3.05, 3.63) is 64.2 Å². The van der Waals surface area contributed by atoms with E-state index in [1.807, 2.05) is 26.0 Å². The Hall–Kier alpha value is -2.82. The van der Waals surface area contributed by atoms with Crippen molar-refractivity contribution in [2.24, 2.45) is 0 Å². The predicted molar refractivity (Wildman–Crippen MR) is 89.4 cm³/mol. The third kappa shape index (κ3) is 3.11. The molecule has 5 nitrogen and oxygen atoms in total.